The second-order valence-corrected chi connectivity index (χ2v) is 4.33. The van der Waals surface area contributed by atoms with Crippen LogP contribution in [0.2, 0.25) is 0 Å². The van der Waals surface area contributed by atoms with Crippen LogP contribution in [0.5, 0.6) is 0 Å². The molecule has 54 valence electrons. The Labute approximate surface area is 59.9 Å². The Balaban J connectivity index is 1.83. The predicted octanol–water partition coefficient (Wildman–Crippen LogP) is -0.00690. The first-order valence-corrected chi connectivity index (χ1v) is 4.27. The van der Waals surface area contributed by atoms with E-state index in [0.29, 0.717) is 5.41 Å². The molecule has 4 fully saturated rings. The van der Waals surface area contributed by atoms with Crippen molar-refractivity contribution < 1.29 is 4.74 Å². The third kappa shape index (κ3) is 0.250. The van der Waals surface area contributed by atoms with Crippen molar-refractivity contribution >= 4 is 0 Å². The average Bonchev–Trinajstić information content (AvgIpc) is 2.54. The maximum atomic E-state index is 5.49. The Kier molecular flexibility index (Phi) is 0.504. The zero-order valence-electron chi connectivity index (χ0n) is 5.84. The molecular weight excluding hydrogens is 126 g/mol. The number of ether oxygens (including phenoxy) is 1. The predicted molar refractivity (Wildman–Crippen MR) is 35.6 cm³/mol. The summed E-state index contributed by atoms with van der Waals surface area (Å²) in [6.07, 6.45) is 1.50. The van der Waals surface area contributed by atoms with Gasteiger partial charge in [-0.25, -0.2) is 0 Å². The number of piperidine rings is 1. The molecule has 2 saturated carbocycles. The van der Waals surface area contributed by atoms with Crippen molar-refractivity contribution in [2.75, 3.05) is 13.2 Å². The van der Waals surface area contributed by atoms with Gasteiger partial charge in [-0.15, -0.1) is 0 Å². The molecule has 1 N–H and O–H groups in total. The van der Waals surface area contributed by atoms with Gasteiger partial charge in [0.05, 0.1) is 13.2 Å². The van der Waals surface area contributed by atoms with Crippen molar-refractivity contribution in [2.24, 2.45) is 17.3 Å². The van der Waals surface area contributed by atoms with Crippen LogP contribution in [0.1, 0.15) is 6.42 Å². The fourth-order valence-electron chi connectivity index (χ4n) is 3.60. The molecular formula is C8H11NO. The third-order valence-electron chi connectivity index (χ3n) is 4.20. The number of hydrogen-bond donors (Lipinski definition) is 1. The van der Waals surface area contributed by atoms with Crippen LogP contribution in [-0.2, 0) is 4.74 Å². The van der Waals surface area contributed by atoms with Gasteiger partial charge in [0.1, 0.15) is 0 Å². The molecule has 1 spiro atoms. The number of fused-ring (bicyclic) bond motifs is 2. The van der Waals surface area contributed by atoms with E-state index >= 15 is 0 Å². The highest BCUT2D eigenvalue weighted by molar-refractivity contribution is 5.33. The van der Waals surface area contributed by atoms with Gasteiger partial charge in [0, 0.05) is 17.5 Å². The summed E-state index contributed by atoms with van der Waals surface area (Å²) in [6.45, 7) is 2.05. The highest BCUT2D eigenvalue weighted by Crippen LogP contribution is 2.74. The van der Waals surface area contributed by atoms with Gasteiger partial charge in [0.15, 0.2) is 0 Å². The first-order valence-electron chi connectivity index (χ1n) is 4.27. The normalized spacial score (nSPS) is 74.4. The van der Waals surface area contributed by atoms with Gasteiger partial charge in [-0.05, 0) is 18.3 Å². The molecule has 0 aromatic rings. The summed E-state index contributed by atoms with van der Waals surface area (Å²) < 4.78 is 5.49. The van der Waals surface area contributed by atoms with Gasteiger partial charge >= 0.3 is 0 Å². The minimum atomic E-state index is 0.671. The van der Waals surface area contributed by atoms with Crippen LogP contribution in [0, 0.1) is 17.3 Å². The third-order valence-corrected chi connectivity index (χ3v) is 4.20. The summed E-state index contributed by atoms with van der Waals surface area (Å²) in [4.78, 5) is 0. The molecule has 5 atom stereocenters. The van der Waals surface area contributed by atoms with E-state index in [0.717, 1.165) is 37.1 Å². The summed E-state index contributed by atoms with van der Waals surface area (Å²) in [5.74, 6) is 2.14. The molecule has 2 heterocycles. The summed E-state index contributed by atoms with van der Waals surface area (Å²) >= 11 is 0. The van der Waals surface area contributed by atoms with Crippen LogP contribution in [0.15, 0.2) is 0 Å². The van der Waals surface area contributed by atoms with Gasteiger partial charge in [0.2, 0.25) is 0 Å². The van der Waals surface area contributed by atoms with Crippen LogP contribution in [-0.4, -0.2) is 25.3 Å². The first-order chi connectivity index (χ1) is 4.93. The molecule has 0 aromatic heterocycles. The lowest BCUT2D eigenvalue weighted by Gasteiger charge is -2.60. The maximum absolute atomic E-state index is 5.49. The SMILES string of the molecule is C1OCC23C1NC2C1CC13. The van der Waals surface area contributed by atoms with Crippen molar-refractivity contribution in [3.63, 3.8) is 0 Å². The molecule has 4 aliphatic rings. The van der Waals surface area contributed by atoms with Crippen LogP contribution in [0.25, 0.3) is 0 Å². The number of hydrogen-bond acceptors (Lipinski definition) is 2. The van der Waals surface area contributed by atoms with Gasteiger partial charge in [-0.1, -0.05) is 0 Å². The minimum absolute atomic E-state index is 0.671. The van der Waals surface area contributed by atoms with Gasteiger partial charge in [0.25, 0.3) is 0 Å². The van der Waals surface area contributed by atoms with Crippen molar-refractivity contribution in [1.29, 1.82) is 0 Å². The fourth-order valence-corrected chi connectivity index (χ4v) is 3.60. The Morgan fingerprint density at radius 3 is 3.30 bits per heavy atom. The lowest BCUT2D eigenvalue weighted by atomic mass is 9.55. The van der Waals surface area contributed by atoms with E-state index in [1.807, 2.05) is 0 Å². The molecule has 0 amide bonds. The Morgan fingerprint density at radius 2 is 2.50 bits per heavy atom. The van der Waals surface area contributed by atoms with E-state index < -0.39 is 0 Å². The van der Waals surface area contributed by atoms with E-state index in [1.165, 1.54) is 6.42 Å². The molecule has 0 radical (unpaired) electrons. The minimum Gasteiger partial charge on any atom is -0.379 e. The molecule has 2 aliphatic heterocycles. The van der Waals surface area contributed by atoms with E-state index in [4.69, 9.17) is 4.74 Å². The van der Waals surface area contributed by atoms with Crippen molar-refractivity contribution in [3.8, 4) is 0 Å². The molecule has 2 aliphatic carbocycles. The molecule has 2 nitrogen and oxygen atoms in total. The maximum Gasteiger partial charge on any atom is 0.0627 e. The largest absolute Gasteiger partial charge is 0.379 e. The molecule has 2 heteroatoms. The molecule has 0 aromatic carbocycles. The topological polar surface area (TPSA) is 21.3 Å². The lowest BCUT2D eigenvalue weighted by Crippen LogP contribution is -2.76. The van der Waals surface area contributed by atoms with Crippen LogP contribution in [0.3, 0.4) is 0 Å². The average molecular weight is 137 g/mol. The zero-order valence-corrected chi connectivity index (χ0v) is 5.84. The van der Waals surface area contributed by atoms with E-state index in [9.17, 15) is 0 Å². The molecule has 0 bridgehead atoms. The summed E-state index contributed by atoms with van der Waals surface area (Å²) in [6, 6.07) is 1.63. The molecule has 5 unspecified atom stereocenters. The molecule has 10 heavy (non-hydrogen) atoms. The Bertz CT molecular complexity index is 211. The van der Waals surface area contributed by atoms with E-state index in [-0.39, 0.29) is 0 Å². The highest BCUT2D eigenvalue weighted by Gasteiger charge is 2.80. The van der Waals surface area contributed by atoms with E-state index in [2.05, 4.69) is 5.32 Å². The lowest BCUT2D eigenvalue weighted by molar-refractivity contribution is -0.0637. The summed E-state index contributed by atoms with van der Waals surface area (Å²) in [7, 11) is 0. The Hall–Kier alpha value is -0.0800. The second-order valence-electron chi connectivity index (χ2n) is 4.33. The quantitative estimate of drug-likeness (QED) is 0.507. The summed E-state index contributed by atoms with van der Waals surface area (Å²) in [5, 5.41) is 3.60. The van der Waals surface area contributed by atoms with Crippen molar-refractivity contribution in [1.82, 2.24) is 5.32 Å². The van der Waals surface area contributed by atoms with Gasteiger partial charge in [-0.3, -0.25) is 0 Å². The Morgan fingerprint density at radius 1 is 1.50 bits per heavy atom. The van der Waals surface area contributed by atoms with Crippen LogP contribution in [0.4, 0.5) is 0 Å². The first kappa shape index (κ1) is 4.73. The zero-order chi connectivity index (χ0) is 6.34. The van der Waals surface area contributed by atoms with E-state index in [1.54, 1.807) is 0 Å². The van der Waals surface area contributed by atoms with Gasteiger partial charge < -0.3 is 10.1 Å². The summed E-state index contributed by atoms with van der Waals surface area (Å²) in [5.41, 5.74) is 0.671. The van der Waals surface area contributed by atoms with Crippen LogP contribution < -0.4 is 5.32 Å². The van der Waals surface area contributed by atoms with Crippen molar-refractivity contribution in [3.05, 3.63) is 0 Å². The standard InChI is InChI=1S/C8H11NO/c1-4-5(1)8-3-10-2-6(8)9-7(4)8/h4-7,9H,1-3H2. The van der Waals surface area contributed by atoms with Crippen molar-refractivity contribution in [2.45, 2.75) is 18.5 Å². The number of nitrogens with one attached hydrogen (secondary N) is 1. The second kappa shape index (κ2) is 1.07. The smallest absolute Gasteiger partial charge is 0.0627 e. The highest BCUT2D eigenvalue weighted by atomic mass is 16.5. The number of rotatable bonds is 0. The molecule has 2 saturated heterocycles. The molecule has 4 rings (SSSR count). The fraction of sp³-hybridized carbons (Fsp3) is 1.00. The monoisotopic (exact) mass is 137 g/mol. The van der Waals surface area contributed by atoms with Gasteiger partial charge in [-0.2, -0.15) is 0 Å². The van der Waals surface area contributed by atoms with Crippen LogP contribution >= 0.6 is 0 Å².